The molecule has 1 atom stereocenters. The Morgan fingerprint density at radius 1 is 1.44 bits per heavy atom. The largest absolute Gasteiger partial charge is 0.386 e. The van der Waals surface area contributed by atoms with Crippen molar-refractivity contribution in [3.8, 4) is 0 Å². The number of β-amino-alcohol motifs (C(OH)–C–C–N with tert-alkyl or cyclic N) is 1. The number of rotatable bonds is 3. The predicted octanol–water partition coefficient (Wildman–Crippen LogP) is 0.995. The smallest absolute Gasteiger partial charge is 0.230 e. The minimum atomic E-state index is -0.660. The summed E-state index contributed by atoms with van der Waals surface area (Å²) in [5, 5.41) is 13.6. The second-order valence-corrected chi connectivity index (χ2v) is 6.33. The summed E-state index contributed by atoms with van der Waals surface area (Å²) < 4.78 is 0. The highest BCUT2D eigenvalue weighted by Gasteiger charge is 2.50. The predicted molar refractivity (Wildman–Crippen MR) is 71.2 cm³/mol. The van der Waals surface area contributed by atoms with Crippen molar-refractivity contribution in [3.63, 3.8) is 0 Å². The van der Waals surface area contributed by atoms with Crippen LogP contribution in [-0.4, -0.2) is 47.7 Å². The van der Waals surface area contributed by atoms with E-state index < -0.39 is 5.60 Å². The van der Waals surface area contributed by atoms with Crippen LogP contribution in [0.1, 0.15) is 40.0 Å². The Hall–Kier alpha value is -0.610. The lowest BCUT2D eigenvalue weighted by molar-refractivity contribution is -0.174. The lowest BCUT2D eigenvalue weighted by Gasteiger charge is -2.52. The van der Waals surface area contributed by atoms with E-state index in [2.05, 4.69) is 12.2 Å². The summed E-state index contributed by atoms with van der Waals surface area (Å²) in [6.07, 6.45) is 2.93. The van der Waals surface area contributed by atoms with Gasteiger partial charge in [-0.25, -0.2) is 0 Å². The van der Waals surface area contributed by atoms with Gasteiger partial charge in [-0.2, -0.15) is 0 Å². The first-order chi connectivity index (χ1) is 8.43. The zero-order valence-corrected chi connectivity index (χ0v) is 11.8. The number of carbonyl (C=O) groups is 1. The molecule has 2 heterocycles. The Morgan fingerprint density at radius 2 is 2.11 bits per heavy atom. The van der Waals surface area contributed by atoms with Crippen LogP contribution < -0.4 is 5.32 Å². The molecular weight excluding hydrogens is 228 g/mol. The van der Waals surface area contributed by atoms with Crippen molar-refractivity contribution >= 4 is 5.91 Å². The summed E-state index contributed by atoms with van der Waals surface area (Å²) in [4.78, 5) is 14.5. The Morgan fingerprint density at radius 3 is 2.56 bits per heavy atom. The van der Waals surface area contributed by atoms with E-state index >= 15 is 0 Å². The molecule has 1 unspecified atom stereocenters. The molecule has 2 aliphatic heterocycles. The van der Waals surface area contributed by atoms with Gasteiger partial charge in [-0.05, 0) is 31.7 Å². The van der Waals surface area contributed by atoms with Gasteiger partial charge >= 0.3 is 0 Å². The Kier molecular flexibility index (Phi) is 3.70. The number of hydrogen-bond donors (Lipinski definition) is 2. The van der Waals surface area contributed by atoms with Crippen molar-refractivity contribution < 1.29 is 9.90 Å². The van der Waals surface area contributed by atoms with Crippen LogP contribution in [0.3, 0.4) is 0 Å². The number of hydrogen-bond acceptors (Lipinski definition) is 3. The highest BCUT2D eigenvalue weighted by molar-refractivity contribution is 5.84. The van der Waals surface area contributed by atoms with Crippen LogP contribution in [0.2, 0.25) is 0 Å². The van der Waals surface area contributed by atoms with E-state index in [0.717, 1.165) is 32.4 Å². The monoisotopic (exact) mass is 254 g/mol. The third-order valence-electron chi connectivity index (χ3n) is 4.89. The first-order valence-electron chi connectivity index (χ1n) is 7.16. The van der Waals surface area contributed by atoms with Gasteiger partial charge in [-0.15, -0.1) is 0 Å². The van der Waals surface area contributed by atoms with Gasteiger partial charge in [0.15, 0.2) is 0 Å². The van der Waals surface area contributed by atoms with Gasteiger partial charge in [0.2, 0.25) is 5.91 Å². The van der Waals surface area contributed by atoms with E-state index in [1.54, 1.807) is 0 Å². The highest BCUT2D eigenvalue weighted by atomic mass is 16.3. The lowest BCUT2D eigenvalue weighted by Crippen LogP contribution is -2.69. The molecule has 0 aromatic rings. The second-order valence-electron chi connectivity index (χ2n) is 6.33. The number of piperidine rings is 1. The topological polar surface area (TPSA) is 52.6 Å². The molecule has 2 fully saturated rings. The van der Waals surface area contributed by atoms with Crippen molar-refractivity contribution in [2.24, 2.45) is 11.3 Å². The summed E-state index contributed by atoms with van der Waals surface area (Å²) in [5.41, 5.74) is -0.886. The molecule has 4 nitrogen and oxygen atoms in total. The first-order valence-corrected chi connectivity index (χ1v) is 7.16. The Labute approximate surface area is 110 Å². The number of nitrogens with one attached hydrogen (secondary N) is 1. The molecule has 2 saturated heterocycles. The summed E-state index contributed by atoms with van der Waals surface area (Å²) in [6.45, 7) is 8.94. The number of amides is 1. The highest BCUT2D eigenvalue weighted by Crippen LogP contribution is 2.37. The van der Waals surface area contributed by atoms with Gasteiger partial charge in [0, 0.05) is 6.54 Å². The van der Waals surface area contributed by atoms with E-state index in [9.17, 15) is 9.90 Å². The number of aliphatic hydroxyl groups is 1. The average molecular weight is 254 g/mol. The fraction of sp³-hybridized carbons (Fsp3) is 0.929. The Bertz CT molecular complexity index is 316. The standard InChI is InChI=1S/C14H26N2O2/c1-4-13(6-5-7-15-8-13)12(17)16-9-14(18,10-16)11(2)3/h11,15,18H,4-10H2,1-3H3. The van der Waals surface area contributed by atoms with Gasteiger partial charge in [0.1, 0.15) is 5.60 Å². The molecule has 0 bridgehead atoms. The summed E-state index contributed by atoms with van der Waals surface area (Å²) in [5.74, 6) is 0.450. The molecule has 0 aromatic heterocycles. The molecule has 4 heteroatoms. The molecule has 2 aliphatic rings. The number of likely N-dealkylation sites (tertiary alicyclic amines) is 1. The molecule has 2 N–H and O–H groups in total. The minimum Gasteiger partial charge on any atom is -0.386 e. The second kappa shape index (κ2) is 4.82. The molecule has 18 heavy (non-hydrogen) atoms. The molecule has 104 valence electrons. The van der Waals surface area contributed by atoms with Crippen LogP contribution in [-0.2, 0) is 4.79 Å². The van der Waals surface area contributed by atoms with Crippen LogP contribution in [0, 0.1) is 11.3 Å². The third kappa shape index (κ3) is 2.16. The minimum absolute atomic E-state index is 0.212. The normalized spacial score (nSPS) is 31.3. The maximum atomic E-state index is 12.6. The summed E-state index contributed by atoms with van der Waals surface area (Å²) in [7, 11) is 0. The van der Waals surface area contributed by atoms with E-state index in [1.165, 1.54) is 0 Å². The molecule has 0 radical (unpaired) electrons. The van der Waals surface area contributed by atoms with Gasteiger partial charge in [-0.3, -0.25) is 4.79 Å². The molecular formula is C14H26N2O2. The third-order valence-corrected chi connectivity index (χ3v) is 4.89. The maximum Gasteiger partial charge on any atom is 0.230 e. The SMILES string of the molecule is CCC1(C(=O)N2CC(O)(C(C)C)C2)CCCNC1. The van der Waals surface area contributed by atoms with Crippen LogP contribution in [0.5, 0.6) is 0 Å². The number of carbonyl (C=O) groups excluding carboxylic acids is 1. The summed E-state index contributed by atoms with van der Waals surface area (Å²) in [6, 6.07) is 0. The quantitative estimate of drug-likeness (QED) is 0.790. The molecule has 0 spiro atoms. The van der Waals surface area contributed by atoms with E-state index in [1.807, 2.05) is 18.7 Å². The van der Waals surface area contributed by atoms with Crippen molar-refractivity contribution in [3.05, 3.63) is 0 Å². The van der Waals surface area contributed by atoms with E-state index in [0.29, 0.717) is 13.1 Å². The van der Waals surface area contributed by atoms with Crippen molar-refractivity contribution in [2.75, 3.05) is 26.2 Å². The van der Waals surface area contributed by atoms with Crippen LogP contribution in [0.15, 0.2) is 0 Å². The van der Waals surface area contributed by atoms with Gasteiger partial charge in [0.25, 0.3) is 0 Å². The van der Waals surface area contributed by atoms with Crippen molar-refractivity contribution in [1.29, 1.82) is 0 Å². The van der Waals surface area contributed by atoms with Crippen LogP contribution in [0.4, 0.5) is 0 Å². The zero-order chi connectivity index (χ0) is 13.4. The number of nitrogens with zero attached hydrogens (tertiary/aromatic N) is 1. The molecule has 1 amide bonds. The molecule has 0 aliphatic carbocycles. The molecule has 2 rings (SSSR count). The fourth-order valence-electron chi connectivity index (χ4n) is 3.06. The van der Waals surface area contributed by atoms with Crippen LogP contribution >= 0.6 is 0 Å². The average Bonchev–Trinajstić information content (AvgIpc) is 2.34. The van der Waals surface area contributed by atoms with E-state index in [4.69, 9.17) is 0 Å². The fourth-order valence-corrected chi connectivity index (χ4v) is 3.06. The van der Waals surface area contributed by atoms with E-state index in [-0.39, 0.29) is 17.2 Å². The lowest BCUT2D eigenvalue weighted by atomic mass is 9.74. The maximum absolute atomic E-state index is 12.6. The van der Waals surface area contributed by atoms with Gasteiger partial charge < -0.3 is 15.3 Å². The summed E-state index contributed by atoms with van der Waals surface area (Å²) >= 11 is 0. The van der Waals surface area contributed by atoms with Crippen molar-refractivity contribution in [2.45, 2.75) is 45.6 Å². The van der Waals surface area contributed by atoms with Gasteiger partial charge in [-0.1, -0.05) is 20.8 Å². The van der Waals surface area contributed by atoms with Crippen molar-refractivity contribution in [1.82, 2.24) is 10.2 Å². The first kappa shape index (κ1) is 13.8. The zero-order valence-electron chi connectivity index (χ0n) is 11.8. The molecule has 0 aromatic carbocycles. The van der Waals surface area contributed by atoms with Gasteiger partial charge in [0.05, 0.1) is 18.5 Å². The van der Waals surface area contributed by atoms with Crippen LogP contribution in [0.25, 0.3) is 0 Å². The molecule has 0 saturated carbocycles. The Balaban J connectivity index is 2.00.